The lowest BCUT2D eigenvalue weighted by molar-refractivity contribution is 0.311. The average Bonchev–Trinajstić information content (AvgIpc) is 3.10. The van der Waals surface area contributed by atoms with E-state index in [1.807, 2.05) is 12.3 Å². The van der Waals surface area contributed by atoms with Crippen molar-refractivity contribution in [2.45, 2.75) is 13.3 Å². The molecule has 0 spiro atoms. The zero-order chi connectivity index (χ0) is 17.2. The Morgan fingerprint density at radius 2 is 2.24 bits per heavy atom. The molecular weight excluding hydrogens is 338 g/mol. The number of aromatic amines is 1. The Balaban J connectivity index is 1.46. The lowest BCUT2D eigenvalue weighted by Crippen LogP contribution is -2.43. The van der Waals surface area contributed by atoms with E-state index in [9.17, 15) is 0 Å². The molecule has 1 aliphatic heterocycles. The van der Waals surface area contributed by atoms with Crippen LogP contribution >= 0.6 is 11.6 Å². The van der Waals surface area contributed by atoms with Crippen LogP contribution in [0.15, 0.2) is 30.9 Å². The molecule has 2 atom stereocenters. The van der Waals surface area contributed by atoms with Crippen molar-refractivity contribution >= 4 is 34.4 Å². The molecule has 3 aromatic heterocycles. The van der Waals surface area contributed by atoms with Gasteiger partial charge in [-0.2, -0.15) is 0 Å². The highest BCUT2D eigenvalue weighted by molar-refractivity contribution is 6.29. The number of anilines is 2. The molecule has 4 rings (SSSR count). The molecule has 4 heterocycles. The minimum atomic E-state index is 0.472. The summed E-state index contributed by atoms with van der Waals surface area (Å²) in [5.41, 5.74) is 0.850. The van der Waals surface area contributed by atoms with Crippen molar-refractivity contribution < 1.29 is 0 Å². The summed E-state index contributed by atoms with van der Waals surface area (Å²) in [4.78, 5) is 22.6. The molecular formula is C17H20ClN7. The van der Waals surface area contributed by atoms with Crippen LogP contribution in [0.4, 0.5) is 11.8 Å². The third-order valence-corrected chi connectivity index (χ3v) is 5.10. The summed E-state index contributed by atoms with van der Waals surface area (Å²) in [5.74, 6) is 2.67. The molecule has 3 aromatic rings. The maximum Gasteiger partial charge on any atom is 0.226 e. The quantitative estimate of drug-likeness (QED) is 0.698. The van der Waals surface area contributed by atoms with Gasteiger partial charge in [0.25, 0.3) is 0 Å². The molecule has 130 valence electrons. The molecule has 1 saturated heterocycles. The molecule has 2 N–H and O–H groups in total. The Labute approximate surface area is 150 Å². The van der Waals surface area contributed by atoms with Gasteiger partial charge in [-0.05, 0) is 30.4 Å². The standard InChI is InChI=1S/C17H20ClN7/c1-11-4-7-25(17-20-6-3-14(18)24-17)9-12(11)8-21-16-13-2-5-19-15(13)22-10-23-16/h2-3,5-6,10-12H,4,7-9H2,1H3,(H2,19,21,22,23). The van der Waals surface area contributed by atoms with Gasteiger partial charge >= 0.3 is 0 Å². The van der Waals surface area contributed by atoms with Gasteiger partial charge in [0, 0.05) is 32.0 Å². The summed E-state index contributed by atoms with van der Waals surface area (Å²) in [7, 11) is 0. The first-order valence-electron chi connectivity index (χ1n) is 8.46. The Kier molecular flexibility index (Phi) is 4.40. The van der Waals surface area contributed by atoms with Crippen molar-refractivity contribution in [3.63, 3.8) is 0 Å². The monoisotopic (exact) mass is 357 g/mol. The van der Waals surface area contributed by atoms with Gasteiger partial charge in [0.15, 0.2) is 0 Å². The molecule has 0 amide bonds. The first-order valence-corrected chi connectivity index (χ1v) is 8.84. The summed E-state index contributed by atoms with van der Waals surface area (Å²) in [5, 5.41) is 4.99. The van der Waals surface area contributed by atoms with E-state index < -0.39 is 0 Å². The van der Waals surface area contributed by atoms with Gasteiger partial charge in [-0.3, -0.25) is 0 Å². The predicted molar refractivity (Wildman–Crippen MR) is 98.9 cm³/mol. The molecule has 0 radical (unpaired) electrons. The van der Waals surface area contributed by atoms with Gasteiger partial charge in [-0.1, -0.05) is 18.5 Å². The van der Waals surface area contributed by atoms with E-state index >= 15 is 0 Å². The van der Waals surface area contributed by atoms with Gasteiger partial charge in [0.1, 0.15) is 22.9 Å². The van der Waals surface area contributed by atoms with E-state index in [0.29, 0.717) is 22.9 Å². The summed E-state index contributed by atoms with van der Waals surface area (Å²) in [6.45, 7) is 4.99. The number of nitrogens with zero attached hydrogens (tertiary/aromatic N) is 5. The number of piperidine rings is 1. The maximum atomic E-state index is 6.01. The van der Waals surface area contributed by atoms with Crippen LogP contribution < -0.4 is 10.2 Å². The minimum Gasteiger partial charge on any atom is -0.369 e. The van der Waals surface area contributed by atoms with Gasteiger partial charge < -0.3 is 15.2 Å². The van der Waals surface area contributed by atoms with Gasteiger partial charge in [-0.25, -0.2) is 19.9 Å². The molecule has 0 saturated carbocycles. The number of hydrogen-bond acceptors (Lipinski definition) is 6. The first-order chi connectivity index (χ1) is 12.2. The van der Waals surface area contributed by atoms with Crippen LogP contribution in [-0.2, 0) is 0 Å². The fraction of sp³-hybridized carbons (Fsp3) is 0.412. The summed E-state index contributed by atoms with van der Waals surface area (Å²) >= 11 is 6.01. The fourth-order valence-electron chi connectivity index (χ4n) is 3.32. The molecule has 2 unspecified atom stereocenters. The number of nitrogens with one attached hydrogen (secondary N) is 2. The summed E-state index contributed by atoms with van der Waals surface area (Å²) < 4.78 is 0. The topological polar surface area (TPSA) is 82.6 Å². The van der Waals surface area contributed by atoms with Gasteiger partial charge in [0.05, 0.1) is 5.39 Å². The highest BCUT2D eigenvalue weighted by Crippen LogP contribution is 2.27. The SMILES string of the molecule is CC1CCN(c2nccc(Cl)n2)CC1CNc1ncnc2[nH]ccc12. The zero-order valence-electron chi connectivity index (χ0n) is 14.0. The van der Waals surface area contributed by atoms with E-state index in [0.717, 1.165) is 42.9 Å². The van der Waals surface area contributed by atoms with Crippen molar-refractivity contribution in [2.24, 2.45) is 11.8 Å². The van der Waals surface area contributed by atoms with Gasteiger partial charge in [0.2, 0.25) is 5.95 Å². The molecule has 0 aliphatic carbocycles. The van der Waals surface area contributed by atoms with E-state index in [-0.39, 0.29) is 0 Å². The number of aromatic nitrogens is 5. The molecule has 0 aromatic carbocycles. The molecule has 1 fully saturated rings. The van der Waals surface area contributed by atoms with Crippen LogP contribution in [0.1, 0.15) is 13.3 Å². The van der Waals surface area contributed by atoms with E-state index in [1.165, 1.54) is 0 Å². The van der Waals surface area contributed by atoms with Crippen LogP contribution in [0.5, 0.6) is 0 Å². The van der Waals surface area contributed by atoms with Crippen LogP contribution in [0.3, 0.4) is 0 Å². The zero-order valence-corrected chi connectivity index (χ0v) is 14.7. The Morgan fingerprint density at radius 3 is 3.12 bits per heavy atom. The molecule has 1 aliphatic rings. The van der Waals surface area contributed by atoms with Crippen LogP contribution in [0, 0.1) is 11.8 Å². The second kappa shape index (κ2) is 6.84. The van der Waals surface area contributed by atoms with E-state index in [4.69, 9.17) is 11.6 Å². The van der Waals surface area contributed by atoms with Crippen molar-refractivity contribution in [3.05, 3.63) is 36.0 Å². The lowest BCUT2D eigenvalue weighted by Gasteiger charge is -2.37. The van der Waals surface area contributed by atoms with Crippen LogP contribution in [0.2, 0.25) is 5.15 Å². The maximum absolute atomic E-state index is 6.01. The summed E-state index contributed by atoms with van der Waals surface area (Å²) in [6, 6.07) is 3.70. The minimum absolute atomic E-state index is 0.472. The van der Waals surface area contributed by atoms with Crippen molar-refractivity contribution in [3.8, 4) is 0 Å². The van der Waals surface area contributed by atoms with E-state index in [1.54, 1.807) is 18.6 Å². The highest BCUT2D eigenvalue weighted by Gasteiger charge is 2.27. The fourth-order valence-corrected chi connectivity index (χ4v) is 3.45. The molecule has 8 heteroatoms. The van der Waals surface area contributed by atoms with Gasteiger partial charge in [-0.15, -0.1) is 0 Å². The third-order valence-electron chi connectivity index (χ3n) is 4.89. The number of fused-ring (bicyclic) bond motifs is 1. The smallest absolute Gasteiger partial charge is 0.226 e. The Morgan fingerprint density at radius 1 is 1.32 bits per heavy atom. The second-order valence-electron chi connectivity index (χ2n) is 6.49. The number of hydrogen-bond donors (Lipinski definition) is 2. The lowest BCUT2D eigenvalue weighted by atomic mass is 9.87. The van der Waals surface area contributed by atoms with Crippen LogP contribution in [-0.4, -0.2) is 44.6 Å². The molecule has 7 nitrogen and oxygen atoms in total. The number of halogens is 1. The molecule has 25 heavy (non-hydrogen) atoms. The highest BCUT2D eigenvalue weighted by atomic mass is 35.5. The normalized spacial score (nSPS) is 20.8. The number of rotatable bonds is 4. The first kappa shape index (κ1) is 16.1. The van der Waals surface area contributed by atoms with Crippen LogP contribution in [0.25, 0.3) is 11.0 Å². The average molecular weight is 358 g/mol. The van der Waals surface area contributed by atoms with Crippen molar-refractivity contribution in [1.82, 2.24) is 24.9 Å². The number of H-pyrrole nitrogens is 1. The molecule has 0 bridgehead atoms. The van der Waals surface area contributed by atoms with Crippen molar-refractivity contribution in [1.29, 1.82) is 0 Å². The second-order valence-corrected chi connectivity index (χ2v) is 6.88. The Hall–Kier alpha value is -2.41. The predicted octanol–water partition coefficient (Wildman–Crippen LogP) is 2.98. The van der Waals surface area contributed by atoms with Crippen molar-refractivity contribution in [2.75, 3.05) is 29.9 Å². The Bertz CT molecular complexity index is 865. The third kappa shape index (κ3) is 3.37. The largest absolute Gasteiger partial charge is 0.369 e. The van der Waals surface area contributed by atoms with E-state index in [2.05, 4.69) is 42.1 Å². The summed E-state index contributed by atoms with van der Waals surface area (Å²) in [6.07, 6.45) is 6.27.